The van der Waals surface area contributed by atoms with Gasteiger partial charge in [0.2, 0.25) is 0 Å². The number of nitrogens with zero attached hydrogens (tertiary/aromatic N) is 1. The van der Waals surface area contributed by atoms with Crippen LogP contribution in [0.2, 0.25) is 0 Å². The minimum atomic E-state index is 0.279. The summed E-state index contributed by atoms with van der Waals surface area (Å²) in [5.41, 5.74) is 2.25. The average Bonchev–Trinajstić information content (AvgIpc) is 2.87. The molecule has 2 aliphatic carbocycles. The molecule has 0 radical (unpaired) electrons. The predicted molar refractivity (Wildman–Crippen MR) is 103 cm³/mol. The van der Waals surface area contributed by atoms with Crippen molar-refractivity contribution < 1.29 is 0 Å². The monoisotopic (exact) mass is 325 g/mol. The van der Waals surface area contributed by atoms with Crippen LogP contribution in [0.25, 0.3) is 0 Å². The van der Waals surface area contributed by atoms with E-state index in [1.807, 2.05) is 0 Å². The first kappa shape index (κ1) is 16.5. The van der Waals surface area contributed by atoms with Gasteiger partial charge in [-0.15, -0.1) is 0 Å². The van der Waals surface area contributed by atoms with Crippen LogP contribution in [0.4, 0.5) is 5.69 Å². The average molecular weight is 326 g/mol. The Balaban J connectivity index is 1.67. The molecule has 1 heterocycles. The van der Waals surface area contributed by atoms with Gasteiger partial charge < -0.3 is 4.90 Å². The number of para-hydroxylation sites is 1. The maximum absolute atomic E-state index is 2.74. The molecule has 4 rings (SSSR count). The number of anilines is 1. The van der Waals surface area contributed by atoms with Crippen molar-refractivity contribution in [2.45, 2.75) is 71.8 Å². The molecule has 2 bridgehead atoms. The highest BCUT2D eigenvalue weighted by atomic mass is 15.2. The van der Waals surface area contributed by atoms with Crippen LogP contribution >= 0.6 is 0 Å². The Labute approximate surface area is 148 Å². The van der Waals surface area contributed by atoms with E-state index in [9.17, 15) is 0 Å². The van der Waals surface area contributed by atoms with Crippen molar-refractivity contribution >= 4 is 5.69 Å². The Kier molecular flexibility index (Phi) is 3.97. The highest BCUT2D eigenvalue weighted by Crippen LogP contribution is 2.62. The highest BCUT2D eigenvalue weighted by Gasteiger charge is 2.58. The summed E-state index contributed by atoms with van der Waals surface area (Å²) in [5, 5.41) is 0. The van der Waals surface area contributed by atoms with Crippen LogP contribution in [0.1, 0.15) is 66.2 Å². The van der Waals surface area contributed by atoms with Gasteiger partial charge in [-0.05, 0) is 87.2 Å². The predicted octanol–water partition coefficient (Wildman–Crippen LogP) is 6.14. The van der Waals surface area contributed by atoms with E-state index in [-0.39, 0.29) is 5.54 Å². The normalized spacial score (nSPS) is 40.9. The summed E-state index contributed by atoms with van der Waals surface area (Å²) in [6.45, 7) is 11.2. The van der Waals surface area contributed by atoms with Crippen LogP contribution in [0.3, 0.4) is 0 Å². The SMILES string of the molecule is CCC1CC2CC(C)C3(CN(c4ccccc4)C(C)(C)C3)C(C1)C2. The topological polar surface area (TPSA) is 3.24 Å². The maximum Gasteiger partial charge on any atom is 0.0370 e. The second kappa shape index (κ2) is 5.78. The number of rotatable bonds is 2. The maximum atomic E-state index is 2.74. The first-order chi connectivity index (χ1) is 11.4. The van der Waals surface area contributed by atoms with E-state index in [1.54, 1.807) is 0 Å². The largest absolute Gasteiger partial charge is 0.366 e. The molecular formula is C23H35N. The molecule has 1 heteroatoms. The van der Waals surface area contributed by atoms with Crippen molar-refractivity contribution in [3.05, 3.63) is 30.3 Å². The second-order valence-corrected chi connectivity index (χ2v) is 9.83. The van der Waals surface area contributed by atoms with Crippen molar-refractivity contribution in [3.63, 3.8) is 0 Å². The second-order valence-electron chi connectivity index (χ2n) is 9.83. The van der Waals surface area contributed by atoms with Gasteiger partial charge in [0.1, 0.15) is 0 Å². The summed E-state index contributed by atoms with van der Waals surface area (Å²) in [5.74, 6) is 3.85. The molecule has 3 aliphatic rings. The zero-order chi connectivity index (χ0) is 16.9. The molecule has 1 aromatic carbocycles. The van der Waals surface area contributed by atoms with E-state index >= 15 is 0 Å². The first-order valence-electron chi connectivity index (χ1n) is 10.3. The third kappa shape index (κ3) is 2.50. The minimum absolute atomic E-state index is 0.279. The molecule has 0 N–H and O–H groups in total. The van der Waals surface area contributed by atoms with Crippen LogP contribution in [0.5, 0.6) is 0 Å². The molecular weight excluding hydrogens is 290 g/mol. The zero-order valence-electron chi connectivity index (χ0n) is 16.1. The van der Waals surface area contributed by atoms with E-state index in [0.29, 0.717) is 5.41 Å². The zero-order valence-corrected chi connectivity index (χ0v) is 16.1. The molecule has 0 amide bonds. The Bertz CT molecular complexity index is 575. The van der Waals surface area contributed by atoms with Crippen molar-refractivity contribution in [2.24, 2.45) is 29.1 Å². The van der Waals surface area contributed by atoms with E-state index in [1.165, 1.54) is 50.8 Å². The van der Waals surface area contributed by atoms with Crippen LogP contribution < -0.4 is 4.90 Å². The van der Waals surface area contributed by atoms with E-state index in [4.69, 9.17) is 0 Å². The lowest BCUT2D eigenvalue weighted by atomic mass is 9.51. The Hall–Kier alpha value is -0.980. The number of fused-ring (bicyclic) bond motifs is 3. The lowest BCUT2D eigenvalue weighted by molar-refractivity contribution is -0.0326. The fourth-order valence-corrected chi connectivity index (χ4v) is 6.81. The van der Waals surface area contributed by atoms with Crippen LogP contribution in [-0.2, 0) is 0 Å². The summed E-state index contributed by atoms with van der Waals surface area (Å²) in [4.78, 5) is 2.74. The fraction of sp³-hybridized carbons (Fsp3) is 0.739. The van der Waals surface area contributed by atoms with E-state index in [0.717, 1.165) is 23.7 Å². The molecule has 24 heavy (non-hydrogen) atoms. The third-order valence-corrected chi connectivity index (χ3v) is 7.97. The summed E-state index contributed by atoms with van der Waals surface area (Å²) < 4.78 is 0. The minimum Gasteiger partial charge on any atom is -0.366 e. The number of benzene rings is 1. The van der Waals surface area contributed by atoms with Crippen molar-refractivity contribution in [1.29, 1.82) is 0 Å². The van der Waals surface area contributed by atoms with Gasteiger partial charge in [0, 0.05) is 17.8 Å². The van der Waals surface area contributed by atoms with Crippen molar-refractivity contribution in [2.75, 3.05) is 11.4 Å². The molecule has 0 aromatic heterocycles. The fourth-order valence-electron chi connectivity index (χ4n) is 6.81. The summed E-state index contributed by atoms with van der Waals surface area (Å²) in [6, 6.07) is 11.2. The summed E-state index contributed by atoms with van der Waals surface area (Å²) >= 11 is 0. The van der Waals surface area contributed by atoms with E-state index < -0.39 is 0 Å². The number of hydrogen-bond donors (Lipinski definition) is 0. The van der Waals surface area contributed by atoms with Gasteiger partial charge in [-0.25, -0.2) is 0 Å². The van der Waals surface area contributed by atoms with Crippen LogP contribution in [0, 0.1) is 29.1 Å². The molecule has 5 atom stereocenters. The van der Waals surface area contributed by atoms with Gasteiger partial charge in [-0.3, -0.25) is 0 Å². The molecule has 132 valence electrons. The first-order valence-corrected chi connectivity index (χ1v) is 10.3. The summed E-state index contributed by atoms with van der Waals surface area (Å²) in [7, 11) is 0. The quantitative estimate of drug-likeness (QED) is 0.631. The van der Waals surface area contributed by atoms with Gasteiger partial charge in [0.25, 0.3) is 0 Å². The van der Waals surface area contributed by atoms with E-state index in [2.05, 4.69) is 62.9 Å². The highest BCUT2D eigenvalue weighted by molar-refractivity contribution is 5.51. The lowest BCUT2D eigenvalue weighted by Gasteiger charge is -2.53. The lowest BCUT2D eigenvalue weighted by Crippen LogP contribution is -2.48. The molecule has 5 unspecified atom stereocenters. The Morgan fingerprint density at radius 1 is 1.04 bits per heavy atom. The van der Waals surface area contributed by atoms with Gasteiger partial charge >= 0.3 is 0 Å². The van der Waals surface area contributed by atoms with Gasteiger partial charge in [0.15, 0.2) is 0 Å². The number of hydrogen-bond acceptors (Lipinski definition) is 1. The van der Waals surface area contributed by atoms with Crippen LogP contribution in [0.15, 0.2) is 30.3 Å². The smallest absolute Gasteiger partial charge is 0.0370 e. The molecule has 1 aromatic rings. The van der Waals surface area contributed by atoms with Gasteiger partial charge in [-0.1, -0.05) is 38.5 Å². The Morgan fingerprint density at radius 2 is 1.79 bits per heavy atom. The molecule has 1 saturated heterocycles. The molecule has 1 aliphatic heterocycles. The molecule has 2 saturated carbocycles. The van der Waals surface area contributed by atoms with Crippen LogP contribution in [-0.4, -0.2) is 12.1 Å². The summed E-state index contributed by atoms with van der Waals surface area (Å²) in [6.07, 6.45) is 8.77. The third-order valence-electron chi connectivity index (χ3n) is 7.97. The standard InChI is InChI=1S/C23H35N/c1-5-18-12-19-11-17(2)23(20(13-18)14-19)15-22(3,4)24(16-23)21-9-7-6-8-10-21/h6-10,17-20H,5,11-16H2,1-4H3. The van der Waals surface area contributed by atoms with Crippen molar-refractivity contribution in [1.82, 2.24) is 0 Å². The van der Waals surface area contributed by atoms with Crippen molar-refractivity contribution in [3.8, 4) is 0 Å². The molecule has 1 spiro atoms. The Morgan fingerprint density at radius 3 is 2.50 bits per heavy atom. The molecule has 3 fully saturated rings. The molecule has 1 nitrogen and oxygen atoms in total. The van der Waals surface area contributed by atoms with Gasteiger partial charge in [0.05, 0.1) is 0 Å². The van der Waals surface area contributed by atoms with Gasteiger partial charge in [-0.2, -0.15) is 0 Å².